The Hall–Kier alpha value is -2.30. The second-order valence-corrected chi connectivity index (χ2v) is 5.16. The van der Waals surface area contributed by atoms with Crippen LogP contribution < -0.4 is 10.6 Å². The number of pyridine rings is 1. The van der Waals surface area contributed by atoms with Crippen molar-refractivity contribution in [2.45, 2.75) is 25.3 Å². The lowest BCUT2D eigenvalue weighted by Gasteiger charge is -2.34. The number of aromatic nitrogens is 1. The van der Waals surface area contributed by atoms with Crippen molar-refractivity contribution in [3.63, 3.8) is 0 Å². The van der Waals surface area contributed by atoms with E-state index in [2.05, 4.69) is 4.98 Å². The molecule has 0 bridgehead atoms. The predicted octanol–water partition coefficient (Wildman–Crippen LogP) is 2.26. The lowest BCUT2D eigenvalue weighted by molar-refractivity contribution is -0.139. The number of piperidine rings is 1. The molecule has 1 atom stereocenters. The van der Waals surface area contributed by atoms with E-state index in [9.17, 15) is 9.90 Å². The van der Waals surface area contributed by atoms with Crippen molar-refractivity contribution in [1.82, 2.24) is 4.98 Å². The highest BCUT2D eigenvalue weighted by atomic mass is 16.4. The van der Waals surface area contributed by atoms with Crippen molar-refractivity contribution in [3.05, 3.63) is 30.5 Å². The highest BCUT2D eigenvalue weighted by Crippen LogP contribution is 2.30. The van der Waals surface area contributed by atoms with Crippen molar-refractivity contribution >= 4 is 28.2 Å². The van der Waals surface area contributed by atoms with Gasteiger partial charge in [0.05, 0.1) is 0 Å². The van der Waals surface area contributed by atoms with Crippen LogP contribution in [0.1, 0.15) is 19.3 Å². The van der Waals surface area contributed by atoms with E-state index in [1.54, 1.807) is 6.20 Å². The Kier molecular flexibility index (Phi) is 3.18. The molecular weight excluding hydrogens is 254 g/mol. The molecule has 20 heavy (non-hydrogen) atoms. The number of anilines is 2. The number of fused-ring (bicyclic) bond motifs is 1. The number of carboxylic acids is 1. The van der Waals surface area contributed by atoms with Crippen molar-refractivity contribution < 1.29 is 9.90 Å². The zero-order valence-corrected chi connectivity index (χ0v) is 11.1. The summed E-state index contributed by atoms with van der Waals surface area (Å²) >= 11 is 0. The van der Waals surface area contributed by atoms with Gasteiger partial charge in [-0.2, -0.15) is 0 Å². The molecule has 3 N–H and O–H groups in total. The fourth-order valence-electron chi connectivity index (χ4n) is 2.85. The Morgan fingerprint density at radius 2 is 2.20 bits per heavy atom. The normalized spacial score (nSPS) is 19.2. The molecule has 2 heterocycles. The van der Waals surface area contributed by atoms with E-state index >= 15 is 0 Å². The molecule has 0 saturated carbocycles. The second kappa shape index (κ2) is 5.00. The molecule has 5 heteroatoms. The summed E-state index contributed by atoms with van der Waals surface area (Å²) in [5.41, 5.74) is 6.50. The second-order valence-electron chi connectivity index (χ2n) is 5.16. The van der Waals surface area contributed by atoms with Gasteiger partial charge in [0.2, 0.25) is 0 Å². The number of benzene rings is 1. The van der Waals surface area contributed by atoms with Crippen LogP contribution >= 0.6 is 0 Å². The zero-order chi connectivity index (χ0) is 14.1. The number of aliphatic carboxylic acids is 1. The molecule has 1 unspecified atom stereocenters. The summed E-state index contributed by atoms with van der Waals surface area (Å²) in [6.07, 6.45) is 4.33. The van der Waals surface area contributed by atoms with Gasteiger partial charge in [-0.3, -0.25) is 0 Å². The number of rotatable bonds is 2. The summed E-state index contributed by atoms with van der Waals surface area (Å²) in [5.74, 6) is -0.0338. The standard InChI is InChI=1S/C15H17N3O2/c16-11-4-5-12-10(9-11)6-7-17-14(12)18-8-2-1-3-13(18)15(19)20/h4-7,9,13H,1-3,8,16H2,(H,19,20). The van der Waals surface area contributed by atoms with Gasteiger partial charge < -0.3 is 15.7 Å². The van der Waals surface area contributed by atoms with Gasteiger partial charge in [0.1, 0.15) is 11.9 Å². The topological polar surface area (TPSA) is 79.5 Å². The molecule has 0 spiro atoms. The van der Waals surface area contributed by atoms with E-state index in [1.807, 2.05) is 29.2 Å². The average Bonchev–Trinajstić information content (AvgIpc) is 2.46. The van der Waals surface area contributed by atoms with Crippen LogP contribution in [0.2, 0.25) is 0 Å². The fourth-order valence-corrected chi connectivity index (χ4v) is 2.85. The Morgan fingerprint density at radius 1 is 1.35 bits per heavy atom. The average molecular weight is 271 g/mol. The van der Waals surface area contributed by atoms with E-state index < -0.39 is 12.0 Å². The van der Waals surface area contributed by atoms with E-state index in [1.165, 1.54) is 0 Å². The third-order valence-corrected chi connectivity index (χ3v) is 3.83. The Bertz CT molecular complexity index is 657. The molecule has 0 radical (unpaired) electrons. The van der Waals surface area contributed by atoms with E-state index in [0.717, 1.165) is 36.0 Å². The summed E-state index contributed by atoms with van der Waals surface area (Å²) in [6, 6.07) is 7.04. The molecule has 0 aliphatic carbocycles. The van der Waals surface area contributed by atoms with Crippen LogP contribution in [-0.4, -0.2) is 28.6 Å². The van der Waals surface area contributed by atoms with Crippen molar-refractivity contribution in [3.8, 4) is 0 Å². The van der Waals surface area contributed by atoms with E-state index in [4.69, 9.17) is 5.73 Å². The minimum absolute atomic E-state index is 0.487. The van der Waals surface area contributed by atoms with Gasteiger partial charge in [-0.25, -0.2) is 9.78 Å². The van der Waals surface area contributed by atoms with Gasteiger partial charge in [-0.15, -0.1) is 0 Å². The molecular formula is C15H17N3O2. The maximum Gasteiger partial charge on any atom is 0.326 e. The van der Waals surface area contributed by atoms with Crippen LogP contribution in [0.4, 0.5) is 11.5 Å². The zero-order valence-electron chi connectivity index (χ0n) is 11.1. The van der Waals surface area contributed by atoms with Crippen LogP contribution in [0.25, 0.3) is 10.8 Å². The first-order chi connectivity index (χ1) is 9.66. The molecule has 1 aromatic carbocycles. The Labute approximate surface area is 117 Å². The van der Waals surface area contributed by atoms with Crippen LogP contribution in [0.15, 0.2) is 30.5 Å². The molecule has 1 aliphatic heterocycles. The minimum Gasteiger partial charge on any atom is -0.480 e. The number of nitrogens with zero attached hydrogens (tertiary/aromatic N) is 2. The molecule has 1 aromatic heterocycles. The summed E-state index contributed by atoms with van der Waals surface area (Å²) in [7, 11) is 0. The largest absolute Gasteiger partial charge is 0.480 e. The van der Waals surface area contributed by atoms with Gasteiger partial charge in [-0.05, 0) is 48.9 Å². The van der Waals surface area contributed by atoms with Gasteiger partial charge in [0.25, 0.3) is 0 Å². The first-order valence-electron chi connectivity index (χ1n) is 6.80. The maximum absolute atomic E-state index is 11.4. The molecule has 3 rings (SSSR count). The molecule has 5 nitrogen and oxygen atoms in total. The number of carboxylic acid groups (broad SMARTS) is 1. The highest BCUT2D eigenvalue weighted by molar-refractivity contribution is 5.95. The fraction of sp³-hybridized carbons (Fsp3) is 0.333. The lowest BCUT2D eigenvalue weighted by Crippen LogP contribution is -2.45. The van der Waals surface area contributed by atoms with Crippen LogP contribution in [0, 0.1) is 0 Å². The van der Waals surface area contributed by atoms with Crippen molar-refractivity contribution in [2.75, 3.05) is 17.2 Å². The van der Waals surface area contributed by atoms with Gasteiger partial charge in [0, 0.05) is 23.8 Å². The highest BCUT2D eigenvalue weighted by Gasteiger charge is 2.30. The SMILES string of the molecule is Nc1ccc2c(N3CCCCC3C(=O)O)nccc2c1. The van der Waals surface area contributed by atoms with Crippen molar-refractivity contribution in [1.29, 1.82) is 0 Å². The molecule has 1 fully saturated rings. The van der Waals surface area contributed by atoms with E-state index in [0.29, 0.717) is 12.1 Å². The minimum atomic E-state index is -0.779. The quantitative estimate of drug-likeness (QED) is 0.819. The van der Waals surface area contributed by atoms with Crippen LogP contribution in [-0.2, 0) is 4.79 Å². The summed E-state index contributed by atoms with van der Waals surface area (Å²) in [5, 5.41) is 11.3. The van der Waals surface area contributed by atoms with Crippen molar-refractivity contribution in [2.24, 2.45) is 0 Å². The summed E-state index contributed by atoms with van der Waals surface area (Å²) in [6.45, 7) is 0.730. The molecule has 0 amide bonds. The molecule has 104 valence electrons. The first kappa shape index (κ1) is 12.7. The lowest BCUT2D eigenvalue weighted by atomic mass is 10.0. The molecule has 2 aromatic rings. The maximum atomic E-state index is 11.4. The molecule has 1 aliphatic rings. The van der Waals surface area contributed by atoms with Crippen LogP contribution in [0.5, 0.6) is 0 Å². The smallest absolute Gasteiger partial charge is 0.326 e. The number of nitrogens with two attached hydrogens (primary N) is 1. The van der Waals surface area contributed by atoms with Crippen LogP contribution in [0.3, 0.4) is 0 Å². The first-order valence-corrected chi connectivity index (χ1v) is 6.80. The van der Waals surface area contributed by atoms with Gasteiger partial charge in [-0.1, -0.05) is 0 Å². The monoisotopic (exact) mass is 271 g/mol. The number of hydrogen-bond donors (Lipinski definition) is 2. The Balaban J connectivity index is 2.10. The predicted molar refractivity (Wildman–Crippen MR) is 78.8 cm³/mol. The summed E-state index contributed by atoms with van der Waals surface area (Å²) < 4.78 is 0. The van der Waals surface area contributed by atoms with E-state index in [-0.39, 0.29) is 0 Å². The third kappa shape index (κ3) is 2.15. The third-order valence-electron chi connectivity index (χ3n) is 3.83. The number of carbonyl (C=O) groups is 1. The summed E-state index contributed by atoms with van der Waals surface area (Å²) in [4.78, 5) is 17.8. The molecule has 1 saturated heterocycles. The number of hydrogen-bond acceptors (Lipinski definition) is 4. The number of nitrogen functional groups attached to an aromatic ring is 1. The van der Waals surface area contributed by atoms with Gasteiger partial charge in [0.15, 0.2) is 0 Å². The van der Waals surface area contributed by atoms with Gasteiger partial charge >= 0.3 is 5.97 Å². The Morgan fingerprint density at radius 3 is 3.00 bits per heavy atom.